The van der Waals surface area contributed by atoms with E-state index in [-0.39, 0.29) is 5.91 Å². The first-order valence-corrected chi connectivity index (χ1v) is 10.3. The van der Waals surface area contributed by atoms with Gasteiger partial charge < -0.3 is 19.7 Å². The number of likely N-dealkylation sites (tertiary alicyclic amines) is 1. The summed E-state index contributed by atoms with van der Waals surface area (Å²) in [5.41, 5.74) is 2.89. The molecule has 1 saturated heterocycles. The van der Waals surface area contributed by atoms with Crippen LogP contribution in [0, 0.1) is 6.92 Å². The Kier molecular flexibility index (Phi) is 5.74. The first kappa shape index (κ1) is 19.1. The number of hydrogen-bond donors (Lipinski definition) is 2. The number of benzene rings is 2. The van der Waals surface area contributed by atoms with Crippen LogP contribution >= 0.6 is 11.6 Å². The fourth-order valence-electron chi connectivity index (χ4n) is 4.07. The lowest BCUT2D eigenvalue weighted by Crippen LogP contribution is -3.11. The lowest BCUT2D eigenvalue weighted by molar-refractivity contribution is -0.910. The summed E-state index contributed by atoms with van der Waals surface area (Å²) in [6.07, 6.45) is 3.07. The summed E-state index contributed by atoms with van der Waals surface area (Å²) < 4.78 is 11.6. The molecule has 2 atom stereocenters. The number of anilines is 1. The molecule has 2 heterocycles. The van der Waals surface area contributed by atoms with E-state index in [0.717, 1.165) is 48.6 Å². The molecule has 0 saturated carbocycles. The summed E-state index contributed by atoms with van der Waals surface area (Å²) >= 11 is 6.16. The minimum Gasteiger partial charge on any atom is -0.490 e. The third-order valence-electron chi connectivity index (χ3n) is 5.59. The SMILES string of the molecule is Cc1c(Cl)cccc1NC(=O)C[NH+]1CCC[C@@H]1c1ccc2c(c1)OCCCO2. The Bertz CT molecular complexity index is 871. The molecule has 1 fully saturated rings. The predicted octanol–water partition coefficient (Wildman–Crippen LogP) is 3.17. The van der Waals surface area contributed by atoms with Gasteiger partial charge in [-0.3, -0.25) is 4.79 Å². The van der Waals surface area contributed by atoms with Crippen LogP contribution in [0.2, 0.25) is 5.02 Å². The summed E-state index contributed by atoms with van der Waals surface area (Å²) in [5.74, 6) is 1.65. The van der Waals surface area contributed by atoms with Gasteiger partial charge in [0.05, 0.1) is 19.8 Å². The molecule has 148 valence electrons. The van der Waals surface area contributed by atoms with Crippen molar-refractivity contribution in [3.63, 3.8) is 0 Å². The van der Waals surface area contributed by atoms with Gasteiger partial charge >= 0.3 is 0 Å². The molecule has 1 amide bonds. The molecular formula is C22H26ClN2O3+. The number of carbonyl (C=O) groups excluding carboxylic acids is 1. The molecule has 0 radical (unpaired) electrons. The summed E-state index contributed by atoms with van der Waals surface area (Å²) in [6.45, 7) is 4.71. The van der Waals surface area contributed by atoms with E-state index in [9.17, 15) is 4.79 Å². The van der Waals surface area contributed by atoms with Crippen molar-refractivity contribution < 1.29 is 19.2 Å². The number of amides is 1. The molecule has 1 unspecified atom stereocenters. The number of hydrogen-bond acceptors (Lipinski definition) is 3. The highest BCUT2D eigenvalue weighted by atomic mass is 35.5. The van der Waals surface area contributed by atoms with Crippen molar-refractivity contribution in [2.75, 3.05) is 31.6 Å². The molecule has 0 aliphatic carbocycles. The normalized spacial score (nSPS) is 21.2. The minimum atomic E-state index is 0.0154. The van der Waals surface area contributed by atoms with Gasteiger partial charge in [-0.25, -0.2) is 0 Å². The summed E-state index contributed by atoms with van der Waals surface area (Å²) in [7, 11) is 0. The Hall–Kier alpha value is -2.24. The third kappa shape index (κ3) is 4.10. The topological polar surface area (TPSA) is 52.0 Å². The van der Waals surface area contributed by atoms with Crippen LogP contribution in [-0.4, -0.2) is 32.2 Å². The van der Waals surface area contributed by atoms with E-state index < -0.39 is 0 Å². The van der Waals surface area contributed by atoms with Gasteiger partial charge in [0.25, 0.3) is 5.91 Å². The predicted molar refractivity (Wildman–Crippen MR) is 110 cm³/mol. The number of ether oxygens (including phenoxy) is 2. The van der Waals surface area contributed by atoms with Crippen LogP contribution in [0.3, 0.4) is 0 Å². The Morgan fingerprint density at radius 2 is 2.00 bits per heavy atom. The quantitative estimate of drug-likeness (QED) is 0.827. The van der Waals surface area contributed by atoms with E-state index in [1.54, 1.807) is 0 Å². The first-order valence-electron chi connectivity index (χ1n) is 9.91. The fourth-order valence-corrected chi connectivity index (χ4v) is 4.24. The van der Waals surface area contributed by atoms with Crippen LogP contribution in [0.4, 0.5) is 5.69 Å². The van der Waals surface area contributed by atoms with Crippen molar-refractivity contribution in [2.45, 2.75) is 32.2 Å². The summed E-state index contributed by atoms with van der Waals surface area (Å²) in [5, 5.41) is 3.68. The van der Waals surface area contributed by atoms with Gasteiger partial charge in [0, 0.05) is 35.5 Å². The van der Waals surface area contributed by atoms with Gasteiger partial charge in [0.1, 0.15) is 6.04 Å². The maximum atomic E-state index is 12.7. The van der Waals surface area contributed by atoms with Gasteiger partial charge in [0.2, 0.25) is 0 Å². The van der Waals surface area contributed by atoms with Gasteiger partial charge in [-0.05, 0) is 42.8 Å². The van der Waals surface area contributed by atoms with Gasteiger partial charge in [-0.1, -0.05) is 17.7 Å². The molecule has 2 aromatic rings. The number of rotatable bonds is 4. The summed E-state index contributed by atoms with van der Waals surface area (Å²) in [4.78, 5) is 14.0. The largest absolute Gasteiger partial charge is 0.490 e. The van der Waals surface area contributed by atoms with E-state index in [0.29, 0.717) is 30.8 Å². The second kappa shape index (κ2) is 8.41. The highest BCUT2D eigenvalue weighted by Crippen LogP contribution is 2.33. The summed E-state index contributed by atoms with van der Waals surface area (Å²) in [6, 6.07) is 12.1. The van der Waals surface area contributed by atoms with Crippen molar-refractivity contribution in [1.29, 1.82) is 0 Å². The van der Waals surface area contributed by atoms with E-state index in [4.69, 9.17) is 21.1 Å². The lowest BCUT2D eigenvalue weighted by Gasteiger charge is -2.22. The van der Waals surface area contributed by atoms with Crippen molar-refractivity contribution in [3.8, 4) is 11.5 Å². The van der Waals surface area contributed by atoms with Crippen molar-refractivity contribution in [2.24, 2.45) is 0 Å². The Balaban J connectivity index is 1.46. The van der Waals surface area contributed by atoms with Crippen molar-refractivity contribution >= 4 is 23.2 Å². The molecule has 0 aromatic heterocycles. The Labute approximate surface area is 170 Å². The second-order valence-corrected chi connectivity index (χ2v) is 7.90. The molecule has 28 heavy (non-hydrogen) atoms. The molecule has 0 spiro atoms. The smallest absolute Gasteiger partial charge is 0.279 e. The van der Waals surface area contributed by atoms with Gasteiger partial charge in [0.15, 0.2) is 18.0 Å². The number of carbonyl (C=O) groups is 1. The molecule has 4 rings (SSSR count). The van der Waals surface area contributed by atoms with Crippen LogP contribution < -0.4 is 19.7 Å². The Morgan fingerprint density at radius 3 is 2.86 bits per heavy atom. The number of halogens is 1. The first-order chi connectivity index (χ1) is 13.6. The second-order valence-electron chi connectivity index (χ2n) is 7.50. The average molecular weight is 402 g/mol. The van der Waals surface area contributed by atoms with Gasteiger partial charge in [-0.15, -0.1) is 0 Å². The zero-order chi connectivity index (χ0) is 19.5. The number of fused-ring (bicyclic) bond motifs is 1. The fraction of sp³-hybridized carbons (Fsp3) is 0.409. The van der Waals surface area contributed by atoms with Crippen LogP contribution in [-0.2, 0) is 4.79 Å². The maximum absolute atomic E-state index is 12.7. The molecule has 0 bridgehead atoms. The van der Waals surface area contributed by atoms with E-state index in [2.05, 4.69) is 17.4 Å². The molecule has 2 aliphatic heterocycles. The molecule has 5 nitrogen and oxygen atoms in total. The third-order valence-corrected chi connectivity index (χ3v) is 6.00. The van der Waals surface area contributed by atoms with Crippen molar-refractivity contribution in [3.05, 3.63) is 52.5 Å². The van der Waals surface area contributed by atoms with Crippen molar-refractivity contribution in [1.82, 2.24) is 0 Å². The zero-order valence-corrected chi connectivity index (χ0v) is 16.8. The molecule has 2 N–H and O–H groups in total. The lowest BCUT2D eigenvalue weighted by atomic mass is 10.0. The van der Waals surface area contributed by atoms with E-state index >= 15 is 0 Å². The standard InChI is InChI=1S/C22H25ClN2O3/c1-15-17(23)5-2-6-18(15)24-22(26)14-25-10-3-7-19(25)16-8-9-20-21(13-16)28-12-4-11-27-20/h2,5-6,8-9,13,19H,3-4,7,10-12,14H2,1H3,(H,24,26)/p+1/t19-/m1/s1. The van der Waals surface area contributed by atoms with Crippen LogP contribution in [0.15, 0.2) is 36.4 Å². The Morgan fingerprint density at radius 1 is 1.18 bits per heavy atom. The maximum Gasteiger partial charge on any atom is 0.279 e. The van der Waals surface area contributed by atoms with Crippen LogP contribution in [0.5, 0.6) is 11.5 Å². The molecule has 2 aliphatic rings. The van der Waals surface area contributed by atoms with Crippen LogP contribution in [0.25, 0.3) is 0 Å². The minimum absolute atomic E-state index is 0.0154. The molecule has 6 heteroatoms. The highest BCUT2D eigenvalue weighted by Gasteiger charge is 2.32. The van der Waals surface area contributed by atoms with Gasteiger partial charge in [-0.2, -0.15) is 0 Å². The molecule has 2 aromatic carbocycles. The highest BCUT2D eigenvalue weighted by molar-refractivity contribution is 6.31. The zero-order valence-electron chi connectivity index (χ0n) is 16.1. The number of quaternary nitrogens is 1. The number of nitrogens with one attached hydrogen (secondary N) is 2. The average Bonchev–Trinajstić information content (AvgIpc) is 3.00. The monoisotopic (exact) mass is 401 g/mol. The van der Waals surface area contributed by atoms with E-state index in [1.165, 1.54) is 10.5 Å². The van der Waals surface area contributed by atoms with Crippen LogP contribution in [0.1, 0.15) is 36.4 Å². The molecular weight excluding hydrogens is 376 g/mol. The van der Waals surface area contributed by atoms with E-state index in [1.807, 2.05) is 31.2 Å².